The number of ether oxygens (including phenoxy) is 1. The van der Waals surface area contributed by atoms with Crippen LogP contribution in [-0.4, -0.2) is 44.8 Å². The van der Waals surface area contributed by atoms with Crippen LogP contribution in [0.25, 0.3) is 0 Å². The molecule has 8 nitrogen and oxygen atoms in total. The summed E-state index contributed by atoms with van der Waals surface area (Å²) in [6, 6.07) is 6.49. The lowest BCUT2D eigenvalue weighted by Gasteiger charge is -2.32. The molecule has 0 atom stereocenters. The fourth-order valence-electron chi connectivity index (χ4n) is 3.48. The van der Waals surface area contributed by atoms with Crippen molar-refractivity contribution in [1.29, 1.82) is 0 Å². The summed E-state index contributed by atoms with van der Waals surface area (Å²) in [5.74, 6) is 1.32. The topological polar surface area (TPSA) is 85.6 Å². The molecule has 1 aliphatic heterocycles. The first-order chi connectivity index (χ1) is 16.3. The van der Waals surface area contributed by atoms with E-state index in [0.29, 0.717) is 28.7 Å². The highest BCUT2D eigenvalue weighted by Gasteiger charge is 2.30. The summed E-state index contributed by atoms with van der Waals surface area (Å²) in [5.41, 5.74) is 0.774. The molecule has 1 aliphatic rings. The van der Waals surface area contributed by atoms with E-state index in [9.17, 15) is 13.2 Å². The number of hydrogen-bond acceptors (Lipinski definition) is 8. The lowest BCUT2D eigenvalue weighted by molar-refractivity contribution is -0.137. The van der Waals surface area contributed by atoms with E-state index in [2.05, 4.69) is 30.0 Å². The van der Waals surface area contributed by atoms with Crippen LogP contribution < -0.4 is 14.5 Å². The van der Waals surface area contributed by atoms with Crippen LogP contribution >= 0.6 is 0 Å². The number of aromatic nitrogens is 4. The van der Waals surface area contributed by atoms with E-state index in [1.807, 2.05) is 0 Å². The molecule has 2 aromatic heterocycles. The first kappa shape index (κ1) is 23.4. The minimum absolute atomic E-state index is 0.0289. The average Bonchev–Trinajstić information content (AvgIpc) is 2.85. The Morgan fingerprint density at radius 1 is 1.00 bits per heavy atom. The number of hydrogen-bond donors (Lipinski definition) is 0. The number of benzene rings is 1. The predicted molar refractivity (Wildman–Crippen MR) is 119 cm³/mol. The maximum Gasteiger partial charge on any atom is 0.416 e. The van der Waals surface area contributed by atoms with Crippen molar-refractivity contribution in [2.24, 2.45) is 5.16 Å². The Balaban J connectivity index is 1.37. The van der Waals surface area contributed by atoms with Gasteiger partial charge in [-0.1, -0.05) is 17.3 Å². The third-order valence-corrected chi connectivity index (χ3v) is 5.45. The number of oxime groups is 1. The predicted octanol–water partition coefficient (Wildman–Crippen LogP) is 4.44. The van der Waals surface area contributed by atoms with Crippen LogP contribution in [0.3, 0.4) is 0 Å². The van der Waals surface area contributed by atoms with Crippen LogP contribution in [0.2, 0.25) is 0 Å². The zero-order chi connectivity index (χ0) is 24.1. The van der Waals surface area contributed by atoms with E-state index < -0.39 is 11.7 Å². The summed E-state index contributed by atoms with van der Waals surface area (Å²) in [6.45, 7) is 4.93. The standard InChI is InChI=1S/C23H23F3N6O2/c1-15-20(33-19-8-12-32(13-9-19)22-27-10-3-11-28-22)29-14-30-21(15)34-31-16(2)17-4-6-18(7-5-17)23(24,25)26/h3-7,10-11,14,19H,8-9,12-13H2,1-2H3. The SMILES string of the molecule is CC(=NOc1ncnc(OC2CCN(c3ncccn3)CC2)c1C)c1ccc(C(F)(F)F)cc1. The van der Waals surface area contributed by atoms with Gasteiger partial charge >= 0.3 is 6.18 Å². The van der Waals surface area contributed by atoms with Crippen LogP contribution in [0.15, 0.2) is 54.2 Å². The number of anilines is 1. The van der Waals surface area contributed by atoms with Crippen LogP contribution in [0, 0.1) is 6.92 Å². The molecule has 3 aromatic rings. The van der Waals surface area contributed by atoms with Crippen molar-refractivity contribution in [1.82, 2.24) is 19.9 Å². The van der Waals surface area contributed by atoms with Gasteiger partial charge in [-0.05, 0) is 37.6 Å². The molecular weight excluding hydrogens is 449 g/mol. The number of alkyl halides is 3. The summed E-state index contributed by atoms with van der Waals surface area (Å²) in [5, 5.41) is 4.02. The van der Waals surface area contributed by atoms with Gasteiger partial charge in [-0.3, -0.25) is 0 Å². The second-order valence-electron chi connectivity index (χ2n) is 7.81. The molecule has 3 heterocycles. The van der Waals surface area contributed by atoms with Gasteiger partial charge in [0.05, 0.1) is 16.8 Å². The van der Waals surface area contributed by atoms with Crippen molar-refractivity contribution in [2.45, 2.75) is 39.0 Å². The summed E-state index contributed by atoms with van der Waals surface area (Å²) in [6.07, 6.45) is 1.91. The molecule has 0 bridgehead atoms. The molecule has 0 N–H and O–H groups in total. The van der Waals surface area contributed by atoms with E-state index in [-0.39, 0.29) is 12.0 Å². The van der Waals surface area contributed by atoms with Crippen molar-refractivity contribution >= 4 is 11.7 Å². The highest BCUT2D eigenvalue weighted by molar-refractivity contribution is 5.98. The maximum absolute atomic E-state index is 12.7. The van der Waals surface area contributed by atoms with Gasteiger partial charge in [0.1, 0.15) is 12.4 Å². The number of piperidine rings is 1. The summed E-state index contributed by atoms with van der Waals surface area (Å²) < 4.78 is 44.3. The molecule has 0 radical (unpaired) electrons. The van der Waals surface area contributed by atoms with Gasteiger partial charge in [0, 0.05) is 38.3 Å². The molecule has 0 unspecified atom stereocenters. The van der Waals surface area contributed by atoms with Gasteiger partial charge in [-0.15, -0.1) is 0 Å². The van der Waals surface area contributed by atoms with Crippen LogP contribution in [0.5, 0.6) is 11.8 Å². The zero-order valence-corrected chi connectivity index (χ0v) is 18.7. The minimum Gasteiger partial charge on any atom is -0.474 e. The molecule has 0 saturated carbocycles. The summed E-state index contributed by atoms with van der Waals surface area (Å²) >= 11 is 0. The van der Waals surface area contributed by atoms with Gasteiger partial charge in [0.15, 0.2) is 0 Å². The molecule has 11 heteroatoms. The fraction of sp³-hybridized carbons (Fsp3) is 0.348. The average molecular weight is 472 g/mol. The monoisotopic (exact) mass is 472 g/mol. The van der Waals surface area contributed by atoms with E-state index >= 15 is 0 Å². The Morgan fingerprint density at radius 3 is 2.29 bits per heavy atom. The first-order valence-electron chi connectivity index (χ1n) is 10.7. The van der Waals surface area contributed by atoms with Crippen LogP contribution in [0.4, 0.5) is 19.1 Å². The van der Waals surface area contributed by atoms with E-state index in [4.69, 9.17) is 9.57 Å². The lowest BCUT2D eigenvalue weighted by atomic mass is 10.1. The quantitative estimate of drug-likeness (QED) is 0.387. The van der Waals surface area contributed by atoms with Crippen LogP contribution in [0.1, 0.15) is 36.5 Å². The Labute approximate surface area is 194 Å². The van der Waals surface area contributed by atoms with Crippen molar-refractivity contribution in [2.75, 3.05) is 18.0 Å². The van der Waals surface area contributed by atoms with Gasteiger partial charge in [-0.2, -0.15) is 18.2 Å². The summed E-state index contributed by atoms with van der Waals surface area (Å²) in [4.78, 5) is 24.5. The Morgan fingerprint density at radius 2 is 1.65 bits per heavy atom. The molecule has 34 heavy (non-hydrogen) atoms. The molecule has 0 amide bonds. The van der Waals surface area contributed by atoms with Gasteiger partial charge in [0.2, 0.25) is 11.8 Å². The van der Waals surface area contributed by atoms with Crippen molar-refractivity contribution in [3.63, 3.8) is 0 Å². The highest BCUT2D eigenvalue weighted by Crippen LogP contribution is 2.29. The van der Waals surface area contributed by atoms with Crippen molar-refractivity contribution in [3.05, 3.63) is 65.7 Å². The number of halogens is 3. The molecule has 178 valence electrons. The smallest absolute Gasteiger partial charge is 0.416 e. The molecule has 1 saturated heterocycles. The third-order valence-electron chi connectivity index (χ3n) is 5.45. The van der Waals surface area contributed by atoms with Crippen molar-refractivity contribution < 1.29 is 22.7 Å². The van der Waals surface area contributed by atoms with Gasteiger partial charge in [0.25, 0.3) is 5.88 Å². The minimum atomic E-state index is -4.39. The first-order valence-corrected chi connectivity index (χ1v) is 10.7. The molecule has 1 aromatic carbocycles. The highest BCUT2D eigenvalue weighted by atomic mass is 19.4. The second-order valence-corrected chi connectivity index (χ2v) is 7.81. The van der Waals surface area contributed by atoms with E-state index in [0.717, 1.165) is 38.1 Å². The normalized spacial score (nSPS) is 15.3. The largest absolute Gasteiger partial charge is 0.474 e. The Bertz CT molecular complexity index is 1130. The molecule has 0 aliphatic carbocycles. The lowest BCUT2D eigenvalue weighted by Crippen LogP contribution is -2.39. The van der Waals surface area contributed by atoms with Crippen molar-refractivity contribution in [3.8, 4) is 11.8 Å². The Kier molecular flexibility index (Phi) is 6.90. The summed E-state index contributed by atoms with van der Waals surface area (Å²) in [7, 11) is 0. The molecule has 0 spiro atoms. The van der Waals surface area contributed by atoms with E-state index in [1.54, 1.807) is 32.3 Å². The molecule has 1 fully saturated rings. The van der Waals surface area contributed by atoms with Gasteiger partial charge < -0.3 is 14.5 Å². The number of nitrogens with zero attached hydrogens (tertiary/aromatic N) is 6. The molecule has 4 rings (SSSR count). The van der Waals surface area contributed by atoms with Crippen LogP contribution in [-0.2, 0) is 6.18 Å². The maximum atomic E-state index is 12.7. The third kappa shape index (κ3) is 5.59. The Hall–Kier alpha value is -3.76. The second kappa shape index (κ2) is 10.0. The van der Waals surface area contributed by atoms with Gasteiger partial charge in [-0.25, -0.2) is 15.0 Å². The fourth-order valence-corrected chi connectivity index (χ4v) is 3.48. The molecular formula is C23H23F3N6O2. The number of rotatable bonds is 6. The van der Waals surface area contributed by atoms with E-state index in [1.165, 1.54) is 18.5 Å². The zero-order valence-electron chi connectivity index (χ0n) is 18.7.